The van der Waals surface area contributed by atoms with Gasteiger partial charge < -0.3 is 20.1 Å². The molecule has 6 nitrogen and oxygen atoms in total. The summed E-state index contributed by atoms with van der Waals surface area (Å²) in [6, 6.07) is 6.83. The quantitative estimate of drug-likeness (QED) is 0.917. The molecule has 1 aromatic rings. The molecule has 0 radical (unpaired) electrons. The zero-order chi connectivity index (χ0) is 15.2. The SMILES string of the molecule is CCOC(=O)N1CCC(Oc2cccc(C(N)=O)c2)CC1. The van der Waals surface area contributed by atoms with Gasteiger partial charge in [0.25, 0.3) is 0 Å². The largest absolute Gasteiger partial charge is 0.490 e. The number of carbonyl (C=O) groups excluding carboxylic acids is 2. The number of carbonyl (C=O) groups is 2. The maximum atomic E-state index is 11.6. The maximum absolute atomic E-state index is 11.6. The van der Waals surface area contributed by atoms with E-state index in [0.717, 1.165) is 12.8 Å². The molecular weight excluding hydrogens is 272 g/mol. The first-order chi connectivity index (χ1) is 10.1. The molecule has 0 spiro atoms. The Morgan fingerprint density at radius 1 is 1.33 bits per heavy atom. The summed E-state index contributed by atoms with van der Waals surface area (Å²) in [4.78, 5) is 24.4. The van der Waals surface area contributed by atoms with Crippen LogP contribution in [0.3, 0.4) is 0 Å². The molecule has 21 heavy (non-hydrogen) atoms. The molecular formula is C15H20N2O4. The number of hydrogen-bond donors (Lipinski definition) is 1. The minimum Gasteiger partial charge on any atom is -0.490 e. The number of benzene rings is 1. The molecule has 0 bridgehead atoms. The summed E-state index contributed by atoms with van der Waals surface area (Å²) in [5.74, 6) is 0.151. The minimum atomic E-state index is -0.474. The summed E-state index contributed by atoms with van der Waals surface area (Å²) >= 11 is 0. The minimum absolute atomic E-state index is 0.0267. The van der Waals surface area contributed by atoms with E-state index >= 15 is 0 Å². The number of amides is 2. The fraction of sp³-hybridized carbons (Fsp3) is 0.467. The van der Waals surface area contributed by atoms with Crippen molar-refractivity contribution in [3.8, 4) is 5.75 Å². The van der Waals surface area contributed by atoms with Crippen molar-refractivity contribution in [1.29, 1.82) is 0 Å². The lowest BCUT2D eigenvalue weighted by atomic mass is 10.1. The van der Waals surface area contributed by atoms with Crippen LogP contribution in [0.1, 0.15) is 30.1 Å². The van der Waals surface area contributed by atoms with Crippen LogP contribution in [0.5, 0.6) is 5.75 Å². The van der Waals surface area contributed by atoms with Gasteiger partial charge in [0.1, 0.15) is 11.9 Å². The van der Waals surface area contributed by atoms with E-state index in [1.807, 2.05) is 0 Å². The normalized spacial score (nSPS) is 15.6. The maximum Gasteiger partial charge on any atom is 0.409 e. The first kappa shape index (κ1) is 15.2. The third-order valence-electron chi connectivity index (χ3n) is 3.39. The molecule has 0 atom stereocenters. The second-order valence-electron chi connectivity index (χ2n) is 4.90. The average molecular weight is 292 g/mol. The Balaban J connectivity index is 1.87. The van der Waals surface area contributed by atoms with Crippen molar-refractivity contribution in [2.45, 2.75) is 25.9 Å². The first-order valence-electron chi connectivity index (χ1n) is 7.08. The highest BCUT2D eigenvalue weighted by molar-refractivity contribution is 5.93. The Morgan fingerprint density at radius 3 is 2.67 bits per heavy atom. The van der Waals surface area contributed by atoms with Crippen molar-refractivity contribution >= 4 is 12.0 Å². The van der Waals surface area contributed by atoms with Crippen LogP contribution in [-0.2, 0) is 4.74 Å². The van der Waals surface area contributed by atoms with E-state index in [0.29, 0.717) is 31.0 Å². The van der Waals surface area contributed by atoms with E-state index in [1.165, 1.54) is 0 Å². The van der Waals surface area contributed by atoms with Crippen LogP contribution in [-0.4, -0.2) is 42.7 Å². The van der Waals surface area contributed by atoms with Crippen molar-refractivity contribution in [2.24, 2.45) is 5.73 Å². The lowest BCUT2D eigenvalue weighted by Crippen LogP contribution is -2.42. The van der Waals surface area contributed by atoms with Gasteiger partial charge in [-0.1, -0.05) is 6.07 Å². The summed E-state index contributed by atoms with van der Waals surface area (Å²) in [5.41, 5.74) is 5.67. The van der Waals surface area contributed by atoms with Gasteiger partial charge in [0, 0.05) is 31.5 Å². The lowest BCUT2D eigenvalue weighted by molar-refractivity contribution is 0.0702. The van der Waals surface area contributed by atoms with E-state index in [1.54, 1.807) is 36.1 Å². The number of nitrogens with zero attached hydrogens (tertiary/aromatic N) is 1. The van der Waals surface area contributed by atoms with Gasteiger partial charge in [-0.15, -0.1) is 0 Å². The van der Waals surface area contributed by atoms with Gasteiger partial charge in [0.05, 0.1) is 6.61 Å². The van der Waals surface area contributed by atoms with Gasteiger partial charge in [0.2, 0.25) is 5.91 Å². The monoisotopic (exact) mass is 292 g/mol. The van der Waals surface area contributed by atoms with Crippen LogP contribution in [0.2, 0.25) is 0 Å². The fourth-order valence-corrected chi connectivity index (χ4v) is 2.29. The highest BCUT2D eigenvalue weighted by Gasteiger charge is 2.24. The summed E-state index contributed by atoms with van der Waals surface area (Å²) in [6.07, 6.45) is 1.23. The number of ether oxygens (including phenoxy) is 2. The van der Waals surface area contributed by atoms with Crippen molar-refractivity contribution in [1.82, 2.24) is 4.90 Å². The first-order valence-corrected chi connectivity index (χ1v) is 7.08. The second-order valence-corrected chi connectivity index (χ2v) is 4.90. The number of rotatable bonds is 4. The molecule has 1 fully saturated rings. The molecule has 114 valence electrons. The predicted octanol–water partition coefficient (Wildman–Crippen LogP) is 1.79. The van der Waals surface area contributed by atoms with Crippen molar-refractivity contribution in [3.05, 3.63) is 29.8 Å². The molecule has 1 aliphatic rings. The Labute approximate surface area is 123 Å². The van der Waals surface area contributed by atoms with Crippen LogP contribution >= 0.6 is 0 Å². The Morgan fingerprint density at radius 2 is 2.05 bits per heavy atom. The molecule has 0 aromatic heterocycles. The summed E-state index contributed by atoms with van der Waals surface area (Å²) < 4.78 is 10.8. The van der Waals surface area contributed by atoms with Gasteiger partial charge >= 0.3 is 6.09 Å². The van der Waals surface area contributed by atoms with E-state index in [4.69, 9.17) is 15.2 Å². The molecule has 2 rings (SSSR count). The number of hydrogen-bond acceptors (Lipinski definition) is 4. The standard InChI is InChI=1S/C15H20N2O4/c1-2-20-15(19)17-8-6-12(7-9-17)21-13-5-3-4-11(10-13)14(16)18/h3-5,10,12H,2,6-9H2,1H3,(H2,16,18). The predicted molar refractivity (Wildman–Crippen MR) is 77.2 cm³/mol. The van der Waals surface area contributed by atoms with Crippen molar-refractivity contribution < 1.29 is 19.1 Å². The van der Waals surface area contributed by atoms with Crippen LogP contribution in [0.15, 0.2) is 24.3 Å². The van der Waals surface area contributed by atoms with E-state index in [9.17, 15) is 9.59 Å². The summed E-state index contributed by atoms with van der Waals surface area (Å²) in [5, 5.41) is 0. The molecule has 1 aliphatic heterocycles. The van der Waals surface area contributed by atoms with Crippen LogP contribution < -0.4 is 10.5 Å². The van der Waals surface area contributed by atoms with Gasteiger partial charge in [0.15, 0.2) is 0 Å². The average Bonchev–Trinajstić information content (AvgIpc) is 2.48. The molecule has 0 aliphatic carbocycles. The molecule has 1 saturated heterocycles. The number of nitrogens with two attached hydrogens (primary N) is 1. The van der Waals surface area contributed by atoms with E-state index < -0.39 is 5.91 Å². The van der Waals surface area contributed by atoms with Crippen LogP contribution in [0.25, 0.3) is 0 Å². The highest BCUT2D eigenvalue weighted by Crippen LogP contribution is 2.20. The molecule has 6 heteroatoms. The van der Waals surface area contributed by atoms with E-state index in [-0.39, 0.29) is 12.2 Å². The highest BCUT2D eigenvalue weighted by atomic mass is 16.6. The fourth-order valence-electron chi connectivity index (χ4n) is 2.29. The second kappa shape index (κ2) is 6.97. The Kier molecular flexibility index (Phi) is 5.03. The molecule has 2 amide bonds. The number of primary amides is 1. The summed E-state index contributed by atoms with van der Waals surface area (Å²) in [6.45, 7) is 3.40. The molecule has 2 N–H and O–H groups in total. The smallest absolute Gasteiger partial charge is 0.409 e. The van der Waals surface area contributed by atoms with Gasteiger partial charge in [-0.25, -0.2) is 4.79 Å². The van der Waals surface area contributed by atoms with E-state index in [2.05, 4.69) is 0 Å². The van der Waals surface area contributed by atoms with Crippen molar-refractivity contribution in [2.75, 3.05) is 19.7 Å². The lowest BCUT2D eigenvalue weighted by Gasteiger charge is -2.31. The Bertz CT molecular complexity index is 510. The number of piperidine rings is 1. The molecule has 1 heterocycles. The summed E-state index contributed by atoms with van der Waals surface area (Å²) in [7, 11) is 0. The van der Waals surface area contributed by atoms with Gasteiger partial charge in [-0.05, 0) is 25.1 Å². The van der Waals surface area contributed by atoms with Crippen molar-refractivity contribution in [3.63, 3.8) is 0 Å². The topological polar surface area (TPSA) is 81.9 Å². The third-order valence-corrected chi connectivity index (χ3v) is 3.39. The zero-order valence-electron chi connectivity index (χ0n) is 12.1. The Hall–Kier alpha value is -2.24. The molecule has 1 aromatic carbocycles. The van der Waals surface area contributed by atoms with Gasteiger partial charge in [-0.2, -0.15) is 0 Å². The number of likely N-dealkylation sites (tertiary alicyclic amines) is 1. The van der Waals surface area contributed by atoms with Crippen LogP contribution in [0.4, 0.5) is 4.79 Å². The van der Waals surface area contributed by atoms with Crippen LogP contribution in [0, 0.1) is 0 Å². The zero-order valence-corrected chi connectivity index (χ0v) is 12.1. The molecule has 0 unspecified atom stereocenters. The third kappa shape index (κ3) is 4.11. The van der Waals surface area contributed by atoms with Gasteiger partial charge in [-0.3, -0.25) is 4.79 Å². The molecule has 0 saturated carbocycles.